The van der Waals surface area contributed by atoms with E-state index in [4.69, 9.17) is 4.74 Å². The van der Waals surface area contributed by atoms with Crippen LogP contribution in [0.25, 0.3) is 11.1 Å². The van der Waals surface area contributed by atoms with Crippen LogP contribution in [0, 0.1) is 27.0 Å². The Morgan fingerprint density at radius 3 is 1.87 bits per heavy atom. The number of methoxy groups -OCH3 is 1. The van der Waals surface area contributed by atoms with Gasteiger partial charge in [-0.25, -0.2) is 11.6 Å². The molecule has 2 heteroatoms. The topological polar surface area (TPSA) is 9.23 Å². The molecular formula is C36H36OZr-4. The average Bonchev–Trinajstić information content (AvgIpc) is 3.51. The number of fused-ring (bicyclic) bond motifs is 3. The SMILES string of the molecule is CC1=C(C)C[C-]=C1.COc1cc[c-]c2c1-c1ccccc1C2.[CH3-].[CH3-].[Zr]=[C](c1ccccc1)c1ccccc1. The molecule has 0 amide bonds. The van der Waals surface area contributed by atoms with Gasteiger partial charge in [0.2, 0.25) is 0 Å². The van der Waals surface area contributed by atoms with Crippen molar-refractivity contribution in [3.63, 3.8) is 0 Å². The van der Waals surface area contributed by atoms with Gasteiger partial charge in [0.15, 0.2) is 0 Å². The molecule has 38 heavy (non-hydrogen) atoms. The molecule has 0 radical (unpaired) electrons. The number of rotatable bonds is 3. The Hall–Kier alpha value is -3.09. The molecule has 0 fully saturated rings. The fraction of sp³-hybridized carbons (Fsp3) is 0.139. The van der Waals surface area contributed by atoms with Crippen molar-refractivity contribution in [2.75, 3.05) is 7.11 Å². The third kappa shape index (κ3) is 7.72. The molecule has 0 unspecified atom stereocenters. The molecule has 4 aromatic carbocycles. The quantitative estimate of drug-likeness (QED) is 0.195. The van der Waals surface area contributed by atoms with Crippen LogP contribution in [0.4, 0.5) is 0 Å². The van der Waals surface area contributed by atoms with Crippen molar-refractivity contribution < 1.29 is 29.0 Å². The molecule has 0 aliphatic heterocycles. The van der Waals surface area contributed by atoms with Crippen LogP contribution in [0.3, 0.4) is 0 Å². The zero-order valence-corrected chi connectivity index (χ0v) is 25.6. The summed E-state index contributed by atoms with van der Waals surface area (Å²) in [7, 11) is 1.72. The summed E-state index contributed by atoms with van der Waals surface area (Å²) in [6.07, 6.45) is 7.20. The Labute approximate surface area is 245 Å². The fourth-order valence-electron chi connectivity index (χ4n) is 4.23. The van der Waals surface area contributed by atoms with Crippen LogP contribution in [0.5, 0.6) is 5.75 Å². The maximum atomic E-state index is 5.39. The Bertz CT molecular complexity index is 1340. The van der Waals surface area contributed by atoms with Gasteiger partial charge in [-0.3, -0.25) is 6.08 Å². The van der Waals surface area contributed by atoms with Crippen molar-refractivity contribution in [3.8, 4) is 16.9 Å². The van der Waals surface area contributed by atoms with Gasteiger partial charge in [0, 0.05) is 5.75 Å². The second-order valence-corrected chi connectivity index (χ2v) is 10.1. The normalized spacial score (nSPS) is 11.8. The molecule has 0 N–H and O–H groups in total. The molecule has 0 bridgehead atoms. The first kappa shape index (κ1) is 31.1. The second-order valence-electron chi connectivity index (χ2n) is 8.83. The van der Waals surface area contributed by atoms with E-state index in [-0.39, 0.29) is 14.9 Å². The number of hydrogen-bond donors (Lipinski definition) is 0. The Morgan fingerprint density at radius 2 is 1.37 bits per heavy atom. The number of hydrogen-bond acceptors (Lipinski definition) is 1. The molecule has 0 saturated carbocycles. The first-order valence-corrected chi connectivity index (χ1v) is 13.4. The van der Waals surface area contributed by atoms with Crippen LogP contribution in [0.15, 0.2) is 114 Å². The summed E-state index contributed by atoms with van der Waals surface area (Å²) in [5.41, 5.74) is 10.6. The fourth-order valence-corrected chi connectivity index (χ4v) is 5.05. The van der Waals surface area contributed by atoms with Crippen LogP contribution in [-0.2, 0) is 30.7 Å². The van der Waals surface area contributed by atoms with Crippen LogP contribution in [0.2, 0.25) is 0 Å². The van der Waals surface area contributed by atoms with Crippen molar-refractivity contribution in [1.82, 2.24) is 0 Å². The van der Waals surface area contributed by atoms with Gasteiger partial charge in [-0.1, -0.05) is 42.3 Å². The monoisotopic (exact) mass is 574 g/mol. The molecule has 2 aliphatic carbocycles. The van der Waals surface area contributed by atoms with Gasteiger partial charge >= 0.3 is 99.2 Å². The van der Waals surface area contributed by atoms with E-state index in [1.165, 1.54) is 72.0 Å². The summed E-state index contributed by atoms with van der Waals surface area (Å²) in [4.78, 5) is 0. The van der Waals surface area contributed by atoms with Gasteiger partial charge in [0.25, 0.3) is 0 Å². The number of ether oxygens (including phenoxy) is 1. The zero-order valence-electron chi connectivity index (χ0n) is 23.1. The third-order valence-corrected chi connectivity index (χ3v) is 7.82. The van der Waals surface area contributed by atoms with Crippen molar-refractivity contribution in [1.29, 1.82) is 0 Å². The van der Waals surface area contributed by atoms with E-state index in [0.717, 1.165) is 18.6 Å². The molecule has 6 rings (SSSR count). The van der Waals surface area contributed by atoms with Crippen molar-refractivity contribution in [2.45, 2.75) is 26.7 Å². The summed E-state index contributed by atoms with van der Waals surface area (Å²) in [5.74, 6) is 0.952. The van der Waals surface area contributed by atoms with E-state index < -0.39 is 0 Å². The average molecular weight is 576 g/mol. The van der Waals surface area contributed by atoms with Gasteiger partial charge in [0.05, 0.1) is 7.11 Å². The summed E-state index contributed by atoms with van der Waals surface area (Å²) >= 11 is 1.46. The van der Waals surface area contributed by atoms with Crippen molar-refractivity contribution in [2.24, 2.45) is 0 Å². The predicted octanol–water partition coefficient (Wildman–Crippen LogP) is 8.86. The van der Waals surface area contributed by atoms with Crippen molar-refractivity contribution >= 4 is 3.21 Å². The Kier molecular flexibility index (Phi) is 12.6. The van der Waals surface area contributed by atoms with E-state index in [1.54, 1.807) is 7.11 Å². The predicted molar refractivity (Wildman–Crippen MR) is 160 cm³/mol. The first-order valence-electron chi connectivity index (χ1n) is 12.2. The molecule has 0 heterocycles. The minimum absolute atomic E-state index is 0. The third-order valence-electron chi connectivity index (χ3n) is 6.40. The summed E-state index contributed by atoms with van der Waals surface area (Å²) < 4.78 is 6.81. The first-order chi connectivity index (χ1) is 17.6. The minimum atomic E-state index is 0. The second kappa shape index (κ2) is 15.4. The van der Waals surface area contributed by atoms with Crippen molar-refractivity contribution in [3.05, 3.63) is 164 Å². The molecule has 0 aromatic heterocycles. The number of allylic oxidation sites excluding steroid dienone is 4. The number of benzene rings is 4. The molecule has 1 nitrogen and oxygen atoms in total. The Balaban J connectivity index is 0.000000207. The van der Waals surface area contributed by atoms with Crippen LogP contribution < -0.4 is 4.74 Å². The summed E-state index contributed by atoms with van der Waals surface area (Å²) in [5, 5.41) is 0. The summed E-state index contributed by atoms with van der Waals surface area (Å²) in [6, 6.07) is 36.8. The molecule has 0 atom stereocenters. The molecule has 0 spiro atoms. The van der Waals surface area contributed by atoms with E-state index >= 15 is 0 Å². The van der Waals surface area contributed by atoms with Gasteiger partial charge in [-0.15, -0.1) is 25.0 Å². The van der Waals surface area contributed by atoms with E-state index in [9.17, 15) is 0 Å². The Morgan fingerprint density at radius 1 is 0.789 bits per heavy atom. The molecule has 0 saturated heterocycles. The molecule has 2 aliphatic rings. The van der Waals surface area contributed by atoms with Gasteiger partial charge in [-0.2, -0.15) is 17.7 Å². The van der Waals surface area contributed by atoms with E-state index in [2.05, 4.69) is 117 Å². The van der Waals surface area contributed by atoms with E-state index in [1.807, 2.05) is 12.1 Å². The van der Waals surface area contributed by atoms with Crippen LogP contribution in [0.1, 0.15) is 42.5 Å². The molecule has 4 aromatic rings. The van der Waals surface area contributed by atoms with Gasteiger partial charge < -0.3 is 19.6 Å². The van der Waals surface area contributed by atoms with Gasteiger partial charge in [0.1, 0.15) is 0 Å². The molecular weight excluding hydrogens is 540 g/mol. The summed E-state index contributed by atoms with van der Waals surface area (Å²) in [6.45, 7) is 4.27. The van der Waals surface area contributed by atoms with Crippen LogP contribution in [-0.4, -0.2) is 10.3 Å². The van der Waals surface area contributed by atoms with E-state index in [0.29, 0.717) is 0 Å². The van der Waals surface area contributed by atoms with Gasteiger partial charge in [-0.05, 0) is 12.0 Å². The van der Waals surface area contributed by atoms with Crippen LogP contribution >= 0.6 is 0 Å². The molecule has 194 valence electrons. The zero-order chi connectivity index (χ0) is 25.3. The maximum absolute atomic E-state index is 5.39. The standard InChI is InChI=1S/C14H11O.C13H10.C7H9.2CH3.Zr/c1-15-13-8-4-6-11-9-10-5-2-3-7-12(10)14(11)13;1-3-7-12(8-4-1)11-13-9-5-2-6-10-13;1-6-4-3-5-7(6)2;;;/h2-5,7-8H,9H2,1H3;1-10H;4H,5H2,1-2H3;2*1H3;/q-1;;3*-1;.